The van der Waals surface area contributed by atoms with Gasteiger partial charge in [-0.2, -0.15) is 0 Å². The number of nitrogens with zero attached hydrogens (tertiary/aromatic N) is 2. The molecule has 3 aliphatic rings. The Hall–Kier alpha value is -4.79. The molecule has 0 saturated heterocycles. The molecule has 6 atom stereocenters. The van der Waals surface area contributed by atoms with Crippen LogP contribution in [0.1, 0.15) is 76.7 Å². The number of allylic oxidation sites excluding steroid dienone is 1. The Morgan fingerprint density at radius 3 is 2.44 bits per heavy atom. The molecule has 0 spiro atoms. The first-order valence-corrected chi connectivity index (χ1v) is 20.0. The molecule has 0 unspecified atom stereocenters. The van der Waals surface area contributed by atoms with Crippen molar-refractivity contribution in [3.63, 3.8) is 0 Å². The Labute approximate surface area is 335 Å². The van der Waals surface area contributed by atoms with Gasteiger partial charge < -0.3 is 43.5 Å². The fraction of sp³-hybridized carbons (Fsp3) is 0.558. The molecule has 0 radical (unpaired) electrons. The maximum atomic E-state index is 13.7. The number of aliphatic hydroxyl groups excluding tert-OH is 2. The maximum absolute atomic E-state index is 13.7. The van der Waals surface area contributed by atoms with Gasteiger partial charge >= 0.3 is 12.2 Å². The van der Waals surface area contributed by atoms with Crippen molar-refractivity contribution < 1.29 is 53.1 Å². The molecule has 2 amide bonds. The summed E-state index contributed by atoms with van der Waals surface area (Å²) in [7, 11) is 4.41. The second kappa shape index (κ2) is 20.6. The largest absolute Gasteiger partial charge is 0.497 e. The Balaban J connectivity index is 1.70. The van der Waals surface area contributed by atoms with E-state index in [9.17, 15) is 19.8 Å². The summed E-state index contributed by atoms with van der Waals surface area (Å²) in [5.41, 5.74) is 2.81. The van der Waals surface area contributed by atoms with E-state index in [4.69, 9.17) is 33.3 Å². The van der Waals surface area contributed by atoms with Crippen molar-refractivity contribution in [2.45, 2.75) is 83.0 Å². The number of rotatable bonds is 20. The Kier molecular flexibility index (Phi) is 15.6. The zero-order valence-corrected chi connectivity index (χ0v) is 33.9. The van der Waals surface area contributed by atoms with E-state index in [0.29, 0.717) is 66.8 Å². The number of hydrogen-bond acceptors (Lipinski definition) is 12. The lowest BCUT2D eigenvalue weighted by Gasteiger charge is -2.59. The van der Waals surface area contributed by atoms with Crippen LogP contribution in [0.15, 0.2) is 65.9 Å². The lowest BCUT2D eigenvalue weighted by atomic mass is 9.55. The van der Waals surface area contributed by atoms with Crippen LogP contribution >= 0.6 is 0 Å². The first-order chi connectivity index (χ1) is 27.7. The van der Waals surface area contributed by atoms with E-state index < -0.39 is 29.9 Å². The molecule has 2 aromatic carbocycles. The van der Waals surface area contributed by atoms with Gasteiger partial charge in [-0.1, -0.05) is 37.1 Å². The van der Waals surface area contributed by atoms with Crippen molar-refractivity contribution in [1.29, 1.82) is 0 Å². The summed E-state index contributed by atoms with van der Waals surface area (Å²) in [6, 6.07) is 9.66. The van der Waals surface area contributed by atoms with Gasteiger partial charge in [-0.15, -0.1) is 6.58 Å². The van der Waals surface area contributed by atoms with Gasteiger partial charge in [0.05, 0.1) is 45.3 Å². The molecule has 2 aromatic rings. The fourth-order valence-electron chi connectivity index (χ4n) is 8.73. The molecule has 1 aliphatic heterocycles. The summed E-state index contributed by atoms with van der Waals surface area (Å²) in [6.07, 6.45) is 8.02. The van der Waals surface area contributed by atoms with Gasteiger partial charge in [-0.25, -0.2) is 9.59 Å². The van der Waals surface area contributed by atoms with Crippen molar-refractivity contribution in [1.82, 2.24) is 4.90 Å². The van der Waals surface area contributed by atoms with Crippen LogP contribution in [-0.4, -0.2) is 99.1 Å². The van der Waals surface area contributed by atoms with Crippen LogP contribution < -0.4 is 24.3 Å². The van der Waals surface area contributed by atoms with Gasteiger partial charge in [-0.3, -0.25) is 10.2 Å². The number of amides is 2. The Bertz CT molecular complexity index is 1750. The van der Waals surface area contributed by atoms with E-state index in [1.807, 2.05) is 19.9 Å². The standard InChI is InChI=1S/C43H59N3O11/c1-7-20-46(42(50)53-6)38-27-35(45-55-9-3)32-24-28(14-10-12-21-47)31(15-11-13-22-48)39-33-25-30(17-19-36(33)57-43(38,40(32)39)54-23-8-2)56-41(49)44-34-18-16-29(51-4)26-37(34)52-5/h8,16-19,24-26,28,31,38-40,47-48H,2,7,9-15,20-23,27H2,1,3-6H3,(H,44,49)/t28-,31+,38-,39+,40+,43+/m0/s1. The van der Waals surface area contributed by atoms with E-state index in [0.717, 1.165) is 36.8 Å². The summed E-state index contributed by atoms with van der Waals surface area (Å²) in [5, 5.41) is 27.1. The molecule has 14 heteroatoms. The lowest BCUT2D eigenvalue weighted by molar-refractivity contribution is -0.255. The highest BCUT2D eigenvalue weighted by atomic mass is 16.7. The topological polar surface area (TPSA) is 167 Å². The predicted molar refractivity (Wildman–Crippen MR) is 215 cm³/mol. The number of oxime groups is 1. The summed E-state index contributed by atoms with van der Waals surface area (Å²) in [5.74, 6) is -0.375. The molecule has 2 aliphatic carbocycles. The average Bonchev–Trinajstić information content (AvgIpc) is 3.22. The third kappa shape index (κ3) is 9.51. The first kappa shape index (κ1) is 43.3. The van der Waals surface area contributed by atoms with Crippen molar-refractivity contribution in [3.8, 4) is 23.0 Å². The summed E-state index contributed by atoms with van der Waals surface area (Å²) >= 11 is 0. The number of carbonyl (C=O) groups is 2. The highest BCUT2D eigenvalue weighted by molar-refractivity contribution is 6.03. The summed E-state index contributed by atoms with van der Waals surface area (Å²) < 4.78 is 36.1. The zero-order chi connectivity index (χ0) is 41.0. The molecule has 3 N–H and O–H groups in total. The second-order valence-electron chi connectivity index (χ2n) is 14.4. The average molecular weight is 794 g/mol. The minimum atomic E-state index is -1.41. The first-order valence-electron chi connectivity index (χ1n) is 20.0. The van der Waals surface area contributed by atoms with Crippen LogP contribution in [0.3, 0.4) is 0 Å². The van der Waals surface area contributed by atoms with Crippen LogP contribution in [0.4, 0.5) is 15.3 Å². The number of aliphatic hydroxyl groups is 2. The van der Waals surface area contributed by atoms with Crippen LogP contribution in [0.5, 0.6) is 23.0 Å². The van der Waals surface area contributed by atoms with E-state index in [1.165, 1.54) is 14.2 Å². The van der Waals surface area contributed by atoms with Gasteiger partial charge in [0.1, 0.15) is 35.6 Å². The normalized spacial score (nSPS) is 23.9. The number of unbranched alkanes of at least 4 members (excludes halogenated alkanes) is 2. The van der Waals surface area contributed by atoms with Gasteiger partial charge in [0.2, 0.25) is 5.79 Å². The number of nitrogens with one attached hydrogen (secondary N) is 1. The van der Waals surface area contributed by atoms with Gasteiger partial charge in [-0.05, 0) is 86.8 Å². The molecular weight excluding hydrogens is 734 g/mol. The molecule has 57 heavy (non-hydrogen) atoms. The smallest absolute Gasteiger partial charge is 0.417 e. The van der Waals surface area contributed by atoms with E-state index in [1.54, 1.807) is 48.4 Å². The van der Waals surface area contributed by atoms with Crippen molar-refractivity contribution in [3.05, 3.63) is 66.3 Å². The van der Waals surface area contributed by atoms with Crippen LogP contribution in [-0.2, 0) is 14.3 Å². The molecule has 14 nitrogen and oxygen atoms in total. The Morgan fingerprint density at radius 1 is 1.02 bits per heavy atom. The molecule has 312 valence electrons. The highest BCUT2D eigenvalue weighted by Gasteiger charge is 2.65. The fourth-order valence-corrected chi connectivity index (χ4v) is 8.73. The van der Waals surface area contributed by atoms with Crippen molar-refractivity contribution >= 4 is 23.6 Å². The van der Waals surface area contributed by atoms with Crippen LogP contribution in [0, 0.1) is 17.8 Å². The molecule has 1 fully saturated rings. The minimum Gasteiger partial charge on any atom is -0.497 e. The molecule has 1 saturated carbocycles. The third-order valence-corrected chi connectivity index (χ3v) is 11.1. The summed E-state index contributed by atoms with van der Waals surface area (Å²) in [6.45, 7) is 8.82. The molecular formula is C43H59N3O11. The van der Waals surface area contributed by atoms with Gasteiger partial charge in [0.15, 0.2) is 0 Å². The Morgan fingerprint density at radius 2 is 1.77 bits per heavy atom. The highest BCUT2D eigenvalue weighted by Crippen LogP contribution is 2.62. The number of ether oxygens (including phenoxy) is 6. The number of carbonyl (C=O) groups excluding carboxylic acids is 2. The van der Waals surface area contributed by atoms with E-state index >= 15 is 0 Å². The molecule has 5 rings (SSSR count). The number of anilines is 1. The number of methoxy groups -OCH3 is 3. The zero-order valence-electron chi connectivity index (χ0n) is 33.9. The minimum absolute atomic E-state index is 0.00386. The second-order valence-corrected chi connectivity index (χ2v) is 14.4. The number of hydrogen-bond donors (Lipinski definition) is 3. The predicted octanol–water partition coefficient (Wildman–Crippen LogP) is 7.45. The van der Waals surface area contributed by atoms with Gasteiger partial charge in [0.25, 0.3) is 0 Å². The lowest BCUT2D eigenvalue weighted by Crippen LogP contribution is -2.70. The quantitative estimate of drug-likeness (QED) is 0.0693. The third-order valence-electron chi connectivity index (χ3n) is 11.1. The van der Waals surface area contributed by atoms with Gasteiger partial charge in [0, 0.05) is 43.7 Å². The number of fused-ring (bicyclic) bond motifs is 2. The summed E-state index contributed by atoms with van der Waals surface area (Å²) in [4.78, 5) is 34.5. The van der Waals surface area contributed by atoms with E-state index in [-0.39, 0.29) is 44.0 Å². The molecule has 1 heterocycles. The van der Waals surface area contributed by atoms with Crippen LogP contribution in [0.25, 0.3) is 0 Å². The molecule has 0 aromatic heterocycles. The van der Waals surface area contributed by atoms with Crippen molar-refractivity contribution in [2.24, 2.45) is 22.9 Å². The SMILES string of the molecule is C=CCO[C@@]12Oc3ccc(OC(=O)Nc4ccc(OC)cc4OC)cc3[C@H]3[C@H](CCCCO)[C@@H](CCCCO)C=C(C(=NOCC)C[C@@H]1N(CCC)C(=O)OC)[C@H]32. The molecule has 0 bridgehead atoms. The number of benzene rings is 2. The monoisotopic (exact) mass is 793 g/mol. The maximum Gasteiger partial charge on any atom is 0.417 e. The van der Waals surface area contributed by atoms with Crippen LogP contribution in [0.2, 0.25) is 0 Å². The van der Waals surface area contributed by atoms with E-state index in [2.05, 4.69) is 23.1 Å². The van der Waals surface area contributed by atoms with Crippen molar-refractivity contribution in [2.75, 3.05) is 59.6 Å².